The standard InChI is InChI=1S/C14H17N3OS/c18-7-6-17-10-11(9-15-17)16-13-5-8-19-14-4-2-1-3-12(13)14/h1-4,9-10,13,16,18H,5-8H2. The number of fused-ring (bicyclic) bond motifs is 1. The summed E-state index contributed by atoms with van der Waals surface area (Å²) in [5.41, 5.74) is 2.38. The fourth-order valence-corrected chi connectivity index (χ4v) is 3.48. The molecule has 0 spiro atoms. The second-order valence-corrected chi connectivity index (χ2v) is 5.72. The average molecular weight is 275 g/mol. The van der Waals surface area contributed by atoms with Crippen molar-refractivity contribution in [1.82, 2.24) is 9.78 Å². The summed E-state index contributed by atoms with van der Waals surface area (Å²) in [6.45, 7) is 0.656. The van der Waals surface area contributed by atoms with Crippen LogP contribution < -0.4 is 5.32 Å². The van der Waals surface area contributed by atoms with Crippen LogP contribution in [0.2, 0.25) is 0 Å². The average Bonchev–Trinajstić information content (AvgIpc) is 2.87. The maximum Gasteiger partial charge on any atom is 0.0731 e. The van der Waals surface area contributed by atoms with Gasteiger partial charge in [0.1, 0.15) is 0 Å². The minimum absolute atomic E-state index is 0.115. The Labute approximate surface area is 116 Å². The molecular formula is C14H17N3OS. The highest BCUT2D eigenvalue weighted by Crippen LogP contribution is 2.37. The predicted molar refractivity (Wildman–Crippen MR) is 77.5 cm³/mol. The summed E-state index contributed by atoms with van der Waals surface area (Å²) in [6, 6.07) is 8.91. The van der Waals surface area contributed by atoms with Gasteiger partial charge in [-0.15, -0.1) is 11.8 Å². The summed E-state index contributed by atoms with van der Waals surface area (Å²) in [5.74, 6) is 1.14. The summed E-state index contributed by atoms with van der Waals surface area (Å²) < 4.78 is 1.76. The Morgan fingerprint density at radius 2 is 2.32 bits per heavy atom. The third kappa shape index (κ3) is 2.77. The molecule has 0 radical (unpaired) electrons. The molecule has 4 nitrogen and oxygen atoms in total. The lowest BCUT2D eigenvalue weighted by atomic mass is 10.0. The van der Waals surface area contributed by atoms with Gasteiger partial charge in [-0.25, -0.2) is 0 Å². The van der Waals surface area contributed by atoms with Crippen LogP contribution >= 0.6 is 11.8 Å². The molecule has 0 aliphatic carbocycles. The second-order valence-electron chi connectivity index (χ2n) is 4.59. The number of aromatic nitrogens is 2. The first kappa shape index (κ1) is 12.6. The predicted octanol–water partition coefficient (Wildman–Crippen LogP) is 2.52. The number of thioether (sulfide) groups is 1. The summed E-state index contributed by atoms with van der Waals surface area (Å²) in [5, 5.41) is 16.7. The molecule has 100 valence electrons. The lowest BCUT2D eigenvalue weighted by Crippen LogP contribution is -2.15. The number of aliphatic hydroxyl groups is 1. The van der Waals surface area contributed by atoms with Crippen molar-refractivity contribution >= 4 is 17.4 Å². The van der Waals surface area contributed by atoms with E-state index in [1.54, 1.807) is 4.68 Å². The fraction of sp³-hybridized carbons (Fsp3) is 0.357. The molecule has 0 amide bonds. The number of anilines is 1. The van der Waals surface area contributed by atoms with E-state index in [0.717, 1.165) is 17.9 Å². The molecule has 1 aromatic heterocycles. The molecule has 3 rings (SSSR count). The topological polar surface area (TPSA) is 50.1 Å². The first-order valence-corrected chi connectivity index (χ1v) is 7.47. The molecule has 0 saturated heterocycles. The fourth-order valence-electron chi connectivity index (χ4n) is 2.36. The van der Waals surface area contributed by atoms with E-state index in [1.165, 1.54) is 10.5 Å². The lowest BCUT2D eigenvalue weighted by molar-refractivity contribution is 0.269. The van der Waals surface area contributed by atoms with Crippen molar-refractivity contribution in [3.05, 3.63) is 42.2 Å². The second kappa shape index (κ2) is 5.67. The highest BCUT2D eigenvalue weighted by atomic mass is 32.2. The molecule has 2 aromatic rings. The molecule has 5 heteroatoms. The summed E-state index contributed by atoms with van der Waals surface area (Å²) in [6.07, 6.45) is 4.88. The molecule has 1 aromatic carbocycles. The van der Waals surface area contributed by atoms with Gasteiger partial charge in [-0.1, -0.05) is 18.2 Å². The minimum Gasteiger partial charge on any atom is -0.394 e. The molecule has 2 N–H and O–H groups in total. The Hall–Kier alpha value is -1.46. The Morgan fingerprint density at radius 3 is 3.21 bits per heavy atom. The number of aliphatic hydroxyl groups excluding tert-OH is 1. The van der Waals surface area contributed by atoms with E-state index in [4.69, 9.17) is 5.11 Å². The zero-order valence-electron chi connectivity index (χ0n) is 10.6. The van der Waals surface area contributed by atoms with Gasteiger partial charge >= 0.3 is 0 Å². The maximum absolute atomic E-state index is 8.90. The first-order valence-electron chi connectivity index (χ1n) is 6.48. The SMILES string of the molecule is OCCn1cc(NC2CCSc3ccccc32)cn1. The van der Waals surface area contributed by atoms with Crippen LogP contribution in [0.4, 0.5) is 5.69 Å². The Kier molecular flexibility index (Phi) is 3.75. The lowest BCUT2D eigenvalue weighted by Gasteiger charge is -2.26. The van der Waals surface area contributed by atoms with E-state index < -0.39 is 0 Å². The van der Waals surface area contributed by atoms with Crippen LogP contribution in [0.3, 0.4) is 0 Å². The quantitative estimate of drug-likeness (QED) is 0.900. The first-order chi connectivity index (χ1) is 9.36. The van der Waals surface area contributed by atoms with Gasteiger partial charge in [0.2, 0.25) is 0 Å². The number of rotatable bonds is 4. The van der Waals surface area contributed by atoms with Crippen molar-refractivity contribution in [2.24, 2.45) is 0 Å². The van der Waals surface area contributed by atoms with Gasteiger partial charge < -0.3 is 10.4 Å². The van der Waals surface area contributed by atoms with Crippen LogP contribution in [0.1, 0.15) is 18.0 Å². The molecule has 1 aliphatic rings. The van der Waals surface area contributed by atoms with E-state index in [-0.39, 0.29) is 6.61 Å². The molecule has 1 aliphatic heterocycles. The van der Waals surface area contributed by atoms with E-state index in [2.05, 4.69) is 34.7 Å². The van der Waals surface area contributed by atoms with Gasteiger partial charge in [0.25, 0.3) is 0 Å². The molecule has 19 heavy (non-hydrogen) atoms. The maximum atomic E-state index is 8.90. The van der Waals surface area contributed by atoms with Crippen LogP contribution in [0.15, 0.2) is 41.6 Å². The molecule has 1 unspecified atom stereocenters. The molecule has 1 atom stereocenters. The third-order valence-electron chi connectivity index (χ3n) is 3.26. The number of hydrogen-bond acceptors (Lipinski definition) is 4. The molecular weight excluding hydrogens is 258 g/mol. The van der Waals surface area contributed by atoms with Gasteiger partial charge in [0.05, 0.1) is 31.1 Å². The van der Waals surface area contributed by atoms with Crippen molar-refractivity contribution in [2.75, 3.05) is 17.7 Å². The minimum atomic E-state index is 0.115. The van der Waals surface area contributed by atoms with Crippen molar-refractivity contribution < 1.29 is 5.11 Å². The van der Waals surface area contributed by atoms with Crippen molar-refractivity contribution in [2.45, 2.75) is 23.9 Å². The highest BCUT2D eigenvalue weighted by Gasteiger charge is 2.20. The Balaban J connectivity index is 1.76. The number of benzene rings is 1. The monoisotopic (exact) mass is 275 g/mol. The van der Waals surface area contributed by atoms with E-state index in [9.17, 15) is 0 Å². The van der Waals surface area contributed by atoms with E-state index >= 15 is 0 Å². The number of nitrogens with zero attached hydrogens (tertiary/aromatic N) is 2. The molecule has 0 bridgehead atoms. The zero-order valence-corrected chi connectivity index (χ0v) is 11.4. The summed E-state index contributed by atoms with van der Waals surface area (Å²) in [4.78, 5) is 1.37. The van der Waals surface area contributed by atoms with Crippen LogP contribution in [-0.4, -0.2) is 27.2 Å². The Morgan fingerprint density at radius 1 is 1.42 bits per heavy atom. The van der Waals surface area contributed by atoms with E-state index in [0.29, 0.717) is 12.6 Å². The van der Waals surface area contributed by atoms with Gasteiger partial charge in [-0.2, -0.15) is 5.10 Å². The van der Waals surface area contributed by atoms with Crippen LogP contribution in [0.25, 0.3) is 0 Å². The van der Waals surface area contributed by atoms with Gasteiger partial charge in [0, 0.05) is 16.8 Å². The Bertz CT molecular complexity index is 555. The van der Waals surface area contributed by atoms with Crippen molar-refractivity contribution in [1.29, 1.82) is 0 Å². The van der Waals surface area contributed by atoms with Crippen LogP contribution in [0.5, 0.6) is 0 Å². The van der Waals surface area contributed by atoms with Crippen molar-refractivity contribution in [3.8, 4) is 0 Å². The summed E-state index contributed by atoms with van der Waals surface area (Å²) >= 11 is 1.92. The molecule has 2 heterocycles. The molecule has 0 saturated carbocycles. The zero-order chi connectivity index (χ0) is 13.1. The normalized spacial score (nSPS) is 18.1. The van der Waals surface area contributed by atoms with Crippen molar-refractivity contribution in [3.63, 3.8) is 0 Å². The largest absolute Gasteiger partial charge is 0.394 e. The van der Waals surface area contributed by atoms with Gasteiger partial charge in [0.15, 0.2) is 0 Å². The van der Waals surface area contributed by atoms with Crippen LogP contribution in [0, 0.1) is 0 Å². The highest BCUT2D eigenvalue weighted by molar-refractivity contribution is 7.99. The summed E-state index contributed by atoms with van der Waals surface area (Å²) in [7, 11) is 0. The number of nitrogens with one attached hydrogen (secondary N) is 1. The van der Waals surface area contributed by atoms with Gasteiger partial charge in [-0.05, 0) is 18.1 Å². The van der Waals surface area contributed by atoms with Crippen LogP contribution in [-0.2, 0) is 6.54 Å². The third-order valence-corrected chi connectivity index (χ3v) is 4.38. The number of hydrogen-bond donors (Lipinski definition) is 2. The van der Waals surface area contributed by atoms with E-state index in [1.807, 2.05) is 24.2 Å². The smallest absolute Gasteiger partial charge is 0.0731 e. The molecule has 0 fully saturated rings. The van der Waals surface area contributed by atoms with Gasteiger partial charge in [-0.3, -0.25) is 4.68 Å².